The van der Waals surface area contributed by atoms with Crippen LogP contribution in [0.3, 0.4) is 0 Å². The standard InChI is InChI=1S/C24H21NO5S/c1-13-14(2)31-22(20(13)24(28)29-3)25-21(26)16-9-10-18-17(11-16)12-19(30-23(18)27)15-7-5-4-6-8-15/h4-11,19H,12H2,1-3H3,(H,25,26). The van der Waals surface area contributed by atoms with Crippen molar-refractivity contribution >= 4 is 34.2 Å². The van der Waals surface area contributed by atoms with Gasteiger partial charge in [-0.3, -0.25) is 4.79 Å². The molecule has 1 aliphatic rings. The molecule has 0 radical (unpaired) electrons. The lowest BCUT2D eigenvalue weighted by Crippen LogP contribution is -2.23. The average molecular weight is 436 g/mol. The van der Waals surface area contributed by atoms with Crippen molar-refractivity contribution < 1.29 is 23.9 Å². The highest BCUT2D eigenvalue weighted by molar-refractivity contribution is 7.16. The van der Waals surface area contributed by atoms with E-state index >= 15 is 0 Å². The SMILES string of the molecule is COC(=O)c1c(NC(=O)c2ccc3c(c2)CC(c2ccccc2)OC3=O)sc(C)c1C. The molecule has 0 spiro atoms. The number of hydrogen-bond acceptors (Lipinski definition) is 6. The van der Waals surface area contributed by atoms with Gasteiger partial charge in [-0.15, -0.1) is 11.3 Å². The first-order valence-corrected chi connectivity index (χ1v) is 10.6. The molecular weight excluding hydrogens is 414 g/mol. The smallest absolute Gasteiger partial charge is 0.341 e. The molecule has 1 aliphatic heterocycles. The molecular formula is C24H21NO5S. The highest BCUT2D eigenvalue weighted by atomic mass is 32.1. The minimum Gasteiger partial charge on any atom is -0.465 e. The normalized spacial score (nSPS) is 15.1. The molecule has 0 saturated carbocycles. The highest BCUT2D eigenvalue weighted by Gasteiger charge is 2.28. The lowest BCUT2D eigenvalue weighted by molar-refractivity contribution is 0.0252. The quantitative estimate of drug-likeness (QED) is 0.592. The molecule has 0 fully saturated rings. The second kappa shape index (κ2) is 8.35. The zero-order valence-electron chi connectivity index (χ0n) is 17.4. The fourth-order valence-corrected chi connectivity index (χ4v) is 4.67. The van der Waals surface area contributed by atoms with Gasteiger partial charge >= 0.3 is 11.9 Å². The number of anilines is 1. The maximum atomic E-state index is 12.9. The first-order valence-electron chi connectivity index (χ1n) is 9.77. The molecule has 1 aromatic heterocycles. The topological polar surface area (TPSA) is 81.7 Å². The molecule has 1 unspecified atom stereocenters. The van der Waals surface area contributed by atoms with Gasteiger partial charge in [0.15, 0.2) is 0 Å². The van der Waals surface area contributed by atoms with Crippen molar-refractivity contribution in [3.05, 3.63) is 86.8 Å². The fourth-order valence-electron chi connectivity index (χ4n) is 3.63. The molecule has 4 rings (SSSR count). The van der Waals surface area contributed by atoms with Gasteiger partial charge in [0.25, 0.3) is 5.91 Å². The highest BCUT2D eigenvalue weighted by Crippen LogP contribution is 2.34. The van der Waals surface area contributed by atoms with Crippen LogP contribution in [0.1, 0.15) is 58.7 Å². The van der Waals surface area contributed by atoms with Crippen molar-refractivity contribution in [1.29, 1.82) is 0 Å². The van der Waals surface area contributed by atoms with Gasteiger partial charge in [-0.1, -0.05) is 30.3 Å². The summed E-state index contributed by atoms with van der Waals surface area (Å²) in [6, 6.07) is 14.4. The molecule has 7 heteroatoms. The van der Waals surface area contributed by atoms with E-state index in [-0.39, 0.29) is 5.91 Å². The molecule has 1 amide bonds. The van der Waals surface area contributed by atoms with E-state index in [1.807, 2.05) is 44.2 Å². The van der Waals surface area contributed by atoms with Crippen LogP contribution in [0.5, 0.6) is 0 Å². The number of hydrogen-bond donors (Lipinski definition) is 1. The van der Waals surface area contributed by atoms with Crippen LogP contribution < -0.4 is 5.32 Å². The first-order chi connectivity index (χ1) is 14.9. The molecule has 2 heterocycles. The number of methoxy groups -OCH3 is 1. The van der Waals surface area contributed by atoms with Crippen LogP contribution in [0.4, 0.5) is 5.00 Å². The van der Waals surface area contributed by atoms with E-state index in [0.717, 1.165) is 21.6 Å². The molecule has 3 aromatic rings. The van der Waals surface area contributed by atoms with Gasteiger partial charge in [0.1, 0.15) is 11.1 Å². The zero-order chi connectivity index (χ0) is 22.1. The number of aryl methyl sites for hydroxylation is 1. The Kier molecular flexibility index (Phi) is 5.61. The van der Waals surface area contributed by atoms with Gasteiger partial charge in [-0.2, -0.15) is 0 Å². The number of amides is 1. The lowest BCUT2D eigenvalue weighted by atomic mass is 9.93. The first kappa shape index (κ1) is 20.8. The van der Waals surface area contributed by atoms with Crippen LogP contribution in [0, 0.1) is 13.8 Å². The molecule has 0 saturated heterocycles. The molecule has 0 bridgehead atoms. The van der Waals surface area contributed by atoms with Crippen LogP contribution in [0.25, 0.3) is 0 Å². The number of carbonyl (C=O) groups is 3. The Labute approximate surface area is 183 Å². The molecule has 1 atom stereocenters. The summed E-state index contributed by atoms with van der Waals surface area (Å²) in [6.45, 7) is 3.71. The van der Waals surface area contributed by atoms with Gasteiger partial charge < -0.3 is 14.8 Å². The van der Waals surface area contributed by atoms with E-state index in [0.29, 0.717) is 28.1 Å². The van der Waals surface area contributed by atoms with Gasteiger partial charge in [0.05, 0.1) is 18.2 Å². The summed E-state index contributed by atoms with van der Waals surface area (Å²) in [6.07, 6.45) is 0.0876. The van der Waals surface area contributed by atoms with Crippen molar-refractivity contribution in [3.8, 4) is 0 Å². The fraction of sp³-hybridized carbons (Fsp3) is 0.208. The summed E-state index contributed by atoms with van der Waals surface area (Å²) in [5.41, 5.74) is 3.67. The number of esters is 2. The van der Waals surface area contributed by atoms with Crippen molar-refractivity contribution in [2.45, 2.75) is 26.4 Å². The monoisotopic (exact) mass is 435 g/mol. The summed E-state index contributed by atoms with van der Waals surface area (Å²) in [5, 5.41) is 3.28. The second-order valence-electron chi connectivity index (χ2n) is 7.31. The van der Waals surface area contributed by atoms with E-state index in [1.54, 1.807) is 18.2 Å². The summed E-state index contributed by atoms with van der Waals surface area (Å²) >= 11 is 1.33. The van der Waals surface area contributed by atoms with Crippen molar-refractivity contribution in [3.63, 3.8) is 0 Å². The molecule has 1 N–H and O–H groups in total. The van der Waals surface area contributed by atoms with Gasteiger partial charge in [0, 0.05) is 16.9 Å². The third-order valence-electron chi connectivity index (χ3n) is 5.42. The Morgan fingerprint density at radius 2 is 1.87 bits per heavy atom. The van der Waals surface area contributed by atoms with Gasteiger partial charge in [-0.25, -0.2) is 9.59 Å². The Morgan fingerprint density at radius 3 is 2.58 bits per heavy atom. The number of cyclic esters (lactones) is 1. The Hall–Kier alpha value is -3.45. The average Bonchev–Trinajstić information content (AvgIpc) is 3.06. The number of fused-ring (bicyclic) bond motifs is 1. The maximum Gasteiger partial charge on any atom is 0.341 e. The van der Waals surface area contributed by atoms with Gasteiger partial charge in [-0.05, 0) is 48.7 Å². The van der Waals surface area contributed by atoms with Crippen LogP contribution in [-0.2, 0) is 15.9 Å². The number of rotatable bonds is 4. The number of ether oxygens (including phenoxy) is 2. The second-order valence-corrected chi connectivity index (χ2v) is 8.54. The van der Waals surface area contributed by atoms with Crippen LogP contribution in [-0.4, -0.2) is 25.0 Å². The molecule has 158 valence electrons. The van der Waals surface area contributed by atoms with Crippen molar-refractivity contribution in [1.82, 2.24) is 0 Å². The summed E-state index contributed by atoms with van der Waals surface area (Å²) in [7, 11) is 1.31. The molecule has 6 nitrogen and oxygen atoms in total. The van der Waals surface area contributed by atoms with Crippen LogP contribution >= 0.6 is 11.3 Å². The van der Waals surface area contributed by atoms with E-state index in [1.165, 1.54) is 18.4 Å². The van der Waals surface area contributed by atoms with Crippen molar-refractivity contribution in [2.75, 3.05) is 12.4 Å². The largest absolute Gasteiger partial charge is 0.465 e. The number of carbonyl (C=O) groups excluding carboxylic acids is 3. The molecule has 0 aliphatic carbocycles. The molecule has 2 aromatic carbocycles. The van der Waals surface area contributed by atoms with Crippen LogP contribution in [0.2, 0.25) is 0 Å². The predicted octanol–water partition coefficient (Wildman–Crippen LogP) is 4.86. The molecule has 31 heavy (non-hydrogen) atoms. The summed E-state index contributed by atoms with van der Waals surface area (Å²) < 4.78 is 10.4. The number of thiophene rings is 1. The zero-order valence-corrected chi connectivity index (χ0v) is 18.2. The van der Waals surface area contributed by atoms with Crippen LogP contribution in [0.15, 0.2) is 48.5 Å². The number of benzene rings is 2. The maximum absolute atomic E-state index is 12.9. The number of nitrogens with one attached hydrogen (secondary N) is 1. The lowest BCUT2D eigenvalue weighted by Gasteiger charge is -2.25. The van der Waals surface area contributed by atoms with Crippen molar-refractivity contribution in [2.24, 2.45) is 0 Å². The Morgan fingerprint density at radius 1 is 1.13 bits per heavy atom. The third kappa shape index (κ3) is 3.96. The minimum absolute atomic E-state index is 0.357. The van der Waals surface area contributed by atoms with E-state index in [4.69, 9.17) is 9.47 Å². The van der Waals surface area contributed by atoms with Gasteiger partial charge in [0.2, 0.25) is 0 Å². The Balaban J connectivity index is 1.61. The van der Waals surface area contributed by atoms with E-state index < -0.39 is 18.0 Å². The third-order valence-corrected chi connectivity index (χ3v) is 6.54. The summed E-state index contributed by atoms with van der Waals surface area (Å²) in [4.78, 5) is 38.5. The van der Waals surface area contributed by atoms with E-state index in [2.05, 4.69) is 5.32 Å². The predicted molar refractivity (Wildman–Crippen MR) is 118 cm³/mol. The Bertz CT molecular complexity index is 1180. The summed E-state index contributed by atoms with van der Waals surface area (Å²) in [5.74, 6) is -1.25. The van der Waals surface area contributed by atoms with E-state index in [9.17, 15) is 14.4 Å². The minimum atomic E-state index is -0.490.